The third-order valence-electron chi connectivity index (χ3n) is 4.88. The molecule has 0 spiro atoms. The highest BCUT2D eigenvalue weighted by Crippen LogP contribution is 2.23. The van der Waals surface area contributed by atoms with Gasteiger partial charge >= 0.3 is 0 Å². The summed E-state index contributed by atoms with van der Waals surface area (Å²) in [4.78, 5) is 14.5. The topological polar surface area (TPSA) is 54.5 Å². The van der Waals surface area contributed by atoms with E-state index in [-0.39, 0.29) is 28.9 Å². The molecule has 4 nitrogen and oxygen atoms in total. The van der Waals surface area contributed by atoms with Crippen molar-refractivity contribution in [2.75, 3.05) is 18.1 Å². The van der Waals surface area contributed by atoms with Gasteiger partial charge in [-0.3, -0.25) is 4.79 Å². The fourth-order valence-corrected chi connectivity index (χ4v) is 5.07. The Bertz CT molecular complexity index is 687. The molecule has 0 aliphatic carbocycles. The first-order valence-corrected chi connectivity index (χ1v) is 11.0. The molecule has 1 aromatic carbocycles. The highest BCUT2D eigenvalue weighted by Gasteiger charge is 2.33. The van der Waals surface area contributed by atoms with E-state index < -0.39 is 9.84 Å². The van der Waals surface area contributed by atoms with Crippen molar-refractivity contribution in [3.8, 4) is 0 Å². The van der Waals surface area contributed by atoms with Crippen LogP contribution in [0.3, 0.4) is 0 Å². The van der Waals surface area contributed by atoms with Crippen molar-refractivity contribution in [3.05, 3.63) is 35.4 Å². The van der Waals surface area contributed by atoms with Crippen molar-refractivity contribution < 1.29 is 13.2 Å². The van der Waals surface area contributed by atoms with E-state index >= 15 is 0 Å². The van der Waals surface area contributed by atoms with Gasteiger partial charge in [-0.25, -0.2) is 8.42 Å². The van der Waals surface area contributed by atoms with E-state index in [0.29, 0.717) is 25.8 Å². The Hall–Kier alpha value is -1.36. The van der Waals surface area contributed by atoms with Gasteiger partial charge in [-0.15, -0.1) is 0 Å². The monoisotopic (exact) mass is 365 g/mol. The molecule has 1 saturated heterocycles. The average Bonchev–Trinajstić information content (AvgIpc) is 2.89. The van der Waals surface area contributed by atoms with E-state index in [1.807, 2.05) is 6.92 Å². The van der Waals surface area contributed by atoms with Crippen molar-refractivity contribution in [1.82, 2.24) is 4.90 Å². The van der Waals surface area contributed by atoms with E-state index in [1.165, 1.54) is 5.56 Å². The number of benzene rings is 1. The van der Waals surface area contributed by atoms with Crippen LogP contribution in [0.4, 0.5) is 0 Å². The molecule has 1 aliphatic heterocycles. The molecule has 0 N–H and O–H groups in total. The maximum absolute atomic E-state index is 12.7. The van der Waals surface area contributed by atoms with Gasteiger partial charge in [-0.05, 0) is 35.8 Å². The number of sulfone groups is 1. The zero-order valence-corrected chi connectivity index (χ0v) is 16.7. The molecule has 0 aromatic heterocycles. The van der Waals surface area contributed by atoms with Crippen LogP contribution < -0.4 is 0 Å². The molecule has 0 bridgehead atoms. The minimum absolute atomic E-state index is 0.0730. The Labute approximate surface area is 152 Å². The van der Waals surface area contributed by atoms with Crippen molar-refractivity contribution in [2.24, 2.45) is 0 Å². The number of carbonyl (C=O) groups is 1. The van der Waals surface area contributed by atoms with Gasteiger partial charge in [0, 0.05) is 19.0 Å². The van der Waals surface area contributed by atoms with E-state index in [1.54, 1.807) is 4.90 Å². The summed E-state index contributed by atoms with van der Waals surface area (Å²) in [7, 11) is -2.97. The first kappa shape index (κ1) is 20.0. The SMILES string of the molecule is CCCN(C(=O)CCc1ccc(C(C)(C)C)cc1)C1CCS(=O)(=O)C1. The average molecular weight is 366 g/mol. The van der Waals surface area contributed by atoms with Crippen molar-refractivity contribution in [1.29, 1.82) is 0 Å². The van der Waals surface area contributed by atoms with Gasteiger partial charge in [0.25, 0.3) is 0 Å². The molecule has 5 heteroatoms. The summed E-state index contributed by atoms with van der Waals surface area (Å²) in [6, 6.07) is 8.32. The number of nitrogens with zero attached hydrogens (tertiary/aromatic N) is 1. The summed E-state index contributed by atoms with van der Waals surface area (Å²) in [6.45, 7) is 9.22. The standard InChI is InChI=1S/C20H31NO3S/c1-5-13-21(18-12-14-25(23,24)15-18)19(22)11-8-16-6-9-17(10-7-16)20(2,3)4/h6-7,9-10,18H,5,8,11-15H2,1-4H3. The second kappa shape index (κ2) is 7.90. The summed E-state index contributed by atoms with van der Waals surface area (Å²) >= 11 is 0. The van der Waals surface area contributed by atoms with Crippen LogP contribution in [0.1, 0.15) is 58.1 Å². The van der Waals surface area contributed by atoms with Gasteiger partial charge in [0.05, 0.1) is 11.5 Å². The first-order valence-electron chi connectivity index (χ1n) is 9.21. The lowest BCUT2D eigenvalue weighted by Gasteiger charge is -2.28. The first-order chi connectivity index (χ1) is 11.6. The van der Waals surface area contributed by atoms with Gasteiger partial charge in [0.2, 0.25) is 5.91 Å². The number of hydrogen-bond acceptors (Lipinski definition) is 3. The Morgan fingerprint density at radius 3 is 2.32 bits per heavy atom. The molecule has 1 fully saturated rings. The lowest BCUT2D eigenvalue weighted by atomic mass is 9.86. The lowest BCUT2D eigenvalue weighted by molar-refractivity contribution is -0.133. The van der Waals surface area contributed by atoms with Crippen LogP contribution in [0.2, 0.25) is 0 Å². The zero-order chi connectivity index (χ0) is 18.7. The molecule has 1 amide bonds. The normalized spacial score (nSPS) is 19.8. The smallest absolute Gasteiger partial charge is 0.223 e. The molecule has 25 heavy (non-hydrogen) atoms. The van der Waals surface area contributed by atoms with E-state index in [4.69, 9.17) is 0 Å². The van der Waals surface area contributed by atoms with Crippen molar-refractivity contribution in [3.63, 3.8) is 0 Å². The Kier molecular flexibility index (Phi) is 6.30. The number of carbonyl (C=O) groups excluding carboxylic acids is 1. The minimum Gasteiger partial charge on any atom is -0.339 e. The van der Waals surface area contributed by atoms with E-state index in [9.17, 15) is 13.2 Å². The molecule has 1 aromatic rings. The third kappa shape index (κ3) is 5.56. The van der Waals surface area contributed by atoms with Crippen LogP contribution in [-0.4, -0.2) is 43.3 Å². The van der Waals surface area contributed by atoms with Crippen molar-refractivity contribution >= 4 is 15.7 Å². The van der Waals surface area contributed by atoms with Crippen LogP contribution >= 0.6 is 0 Å². The predicted molar refractivity (Wildman–Crippen MR) is 103 cm³/mol. The van der Waals surface area contributed by atoms with E-state index in [2.05, 4.69) is 45.0 Å². The molecule has 1 unspecified atom stereocenters. The van der Waals surface area contributed by atoms with Crippen LogP contribution in [0.15, 0.2) is 24.3 Å². The maximum atomic E-state index is 12.7. The highest BCUT2D eigenvalue weighted by molar-refractivity contribution is 7.91. The van der Waals surface area contributed by atoms with Gasteiger partial charge in [-0.1, -0.05) is 52.0 Å². The Balaban J connectivity index is 1.97. The van der Waals surface area contributed by atoms with E-state index in [0.717, 1.165) is 12.0 Å². The molecule has 1 heterocycles. The van der Waals surface area contributed by atoms with Crippen LogP contribution in [0.25, 0.3) is 0 Å². The molecule has 0 radical (unpaired) electrons. The summed E-state index contributed by atoms with van der Waals surface area (Å²) < 4.78 is 23.5. The predicted octanol–water partition coefficient (Wildman–Crippen LogP) is 3.34. The van der Waals surface area contributed by atoms with Gasteiger partial charge in [-0.2, -0.15) is 0 Å². The molecule has 140 valence electrons. The second-order valence-corrected chi connectivity index (χ2v) is 10.3. The van der Waals surface area contributed by atoms with Gasteiger partial charge in [0.15, 0.2) is 9.84 Å². The minimum atomic E-state index is -2.97. The quantitative estimate of drug-likeness (QED) is 0.777. The summed E-state index contributed by atoms with van der Waals surface area (Å²) in [5, 5.41) is 0. The lowest BCUT2D eigenvalue weighted by Crippen LogP contribution is -2.41. The molecule has 0 saturated carbocycles. The summed E-state index contributed by atoms with van der Waals surface area (Å²) in [6.07, 6.45) is 2.56. The Morgan fingerprint density at radius 1 is 1.20 bits per heavy atom. The number of hydrogen-bond donors (Lipinski definition) is 0. The largest absolute Gasteiger partial charge is 0.339 e. The van der Waals surface area contributed by atoms with Crippen molar-refractivity contribution in [2.45, 2.75) is 64.8 Å². The Morgan fingerprint density at radius 2 is 1.84 bits per heavy atom. The number of rotatable bonds is 6. The summed E-state index contributed by atoms with van der Waals surface area (Å²) in [5.74, 6) is 0.405. The van der Waals surface area contributed by atoms with Gasteiger partial charge < -0.3 is 4.90 Å². The molecule has 2 rings (SSSR count). The zero-order valence-electron chi connectivity index (χ0n) is 15.9. The molecule has 1 aliphatic rings. The molecular formula is C20H31NO3S. The van der Waals surface area contributed by atoms with Crippen LogP contribution in [0.5, 0.6) is 0 Å². The third-order valence-corrected chi connectivity index (χ3v) is 6.63. The fraction of sp³-hybridized carbons (Fsp3) is 0.650. The van der Waals surface area contributed by atoms with Gasteiger partial charge in [0.1, 0.15) is 0 Å². The highest BCUT2D eigenvalue weighted by atomic mass is 32.2. The summed E-state index contributed by atoms with van der Waals surface area (Å²) in [5.41, 5.74) is 2.56. The molecular weight excluding hydrogens is 334 g/mol. The maximum Gasteiger partial charge on any atom is 0.223 e. The second-order valence-electron chi connectivity index (χ2n) is 8.09. The van der Waals surface area contributed by atoms with Crippen LogP contribution in [0, 0.1) is 0 Å². The number of amides is 1. The number of aryl methyl sites for hydroxylation is 1. The fourth-order valence-electron chi connectivity index (χ4n) is 3.34. The van der Waals surface area contributed by atoms with Crippen LogP contribution in [-0.2, 0) is 26.5 Å². The molecule has 1 atom stereocenters.